The third-order valence-electron chi connectivity index (χ3n) is 4.96. The minimum Gasteiger partial charge on any atom is -0.351 e. The molecule has 1 aliphatic heterocycles. The molecule has 0 atom stereocenters. The van der Waals surface area contributed by atoms with E-state index in [1.54, 1.807) is 6.20 Å². The van der Waals surface area contributed by atoms with Crippen molar-refractivity contribution in [3.8, 4) is 11.3 Å². The number of aromatic nitrogens is 2. The van der Waals surface area contributed by atoms with Gasteiger partial charge in [-0.15, -0.1) is 0 Å². The molecule has 3 aromatic rings. The molecule has 2 heterocycles. The van der Waals surface area contributed by atoms with E-state index in [2.05, 4.69) is 15.3 Å². The van der Waals surface area contributed by atoms with Crippen molar-refractivity contribution >= 4 is 16.0 Å². The molecule has 1 aromatic heterocycles. The van der Waals surface area contributed by atoms with E-state index in [0.29, 0.717) is 31.9 Å². The minimum atomic E-state index is -3.61. The van der Waals surface area contributed by atoms with Crippen molar-refractivity contribution in [3.63, 3.8) is 0 Å². The molecule has 4 rings (SSSR count). The fraction of sp³-hybridized carbons (Fsp3) is 0.238. The first-order valence-electron chi connectivity index (χ1n) is 9.43. The average Bonchev–Trinajstić information content (AvgIpc) is 2.75. The highest BCUT2D eigenvalue weighted by Crippen LogP contribution is 2.23. The summed E-state index contributed by atoms with van der Waals surface area (Å²) in [6.45, 7) is 0.769. The summed E-state index contributed by atoms with van der Waals surface area (Å²) < 4.78 is 40.0. The van der Waals surface area contributed by atoms with Crippen molar-refractivity contribution in [2.45, 2.75) is 23.8 Å². The molecule has 29 heavy (non-hydrogen) atoms. The van der Waals surface area contributed by atoms with Crippen LogP contribution in [0.3, 0.4) is 0 Å². The Morgan fingerprint density at radius 2 is 1.66 bits per heavy atom. The highest BCUT2D eigenvalue weighted by molar-refractivity contribution is 7.89. The van der Waals surface area contributed by atoms with Gasteiger partial charge in [0.1, 0.15) is 5.82 Å². The molecule has 1 N–H and O–H groups in total. The Hall–Kier alpha value is -2.84. The van der Waals surface area contributed by atoms with Gasteiger partial charge in [-0.3, -0.25) is 0 Å². The first-order chi connectivity index (χ1) is 14.0. The maximum absolute atomic E-state index is 13.1. The van der Waals surface area contributed by atoms with E-state index >= 15 is 0 Å². The summed E-state index contributed by atoms with van der Waals surface area (Å²) in [4.78, 5) is 8.98. The van der Waals surface area contributed by atoms with E-state index in [1.807, 2.05) is 36.4 Å². The van der Waals surface area contributed by atoms with Crippen LogP contribution in [0.1, 0.15) is 12.8 Å². The molecule has 150 valence electrons. The third kappa shape index (κ3) is 4.44. The summed E-state index contributed by atoms with van der Waals surface area (Å²) in [5.41, 5.74) is 1.84. The normalized spacial score (nSPS) is 15.9. The van der Waals surface area contributed by atoms with Crippen LogP contribution in [0.2, 0.25) is 0 Å². The molecule has 0 amide bonds. The fourth-order valence-electron chi connectivity index (χ4n) is 3.38. The zero-order valence-corrected chi connectivity index (χ0v) is 16.5. The third-order valence-corrected chi connectivity index (χ3v) is 6.88. The number of hydrogen-bond acceptors (Lipinski definition) is 5. The molecule has 0 saturated carbocycles. The number of nitrogens with one attached hydrogen (secondary N) is 1. The fourth-order valence-corrected chi connectivity index (χ4v) is 4.85. The van der Waals surface area contributed by atoms with Crippen LogP contribution in [-0.2, 0) is 10.0 Å². The second-order valence-corrected chi connectivity index (χ2v) is 8.85. The zero-order valence-electron chi connectivity index (χ0n) is 15.7. The van der Waals surface area contributed by atoms with Gasteiger partial charge in [-0.25, -0.2) is 22.8 Å². The summed E-state index contributed by atoms with van der Waals surface area (Å²) in [5, 5.41) is 3.32. The smallest absolute Gasteiger partial charge is 0.243 e. The standard InChI is InChI=1S/C21H21FN4O2S/c22-17-6-8-19(9-7-17)29(27,28)26-14-11-18(12-15-26)24-21-23-13-10-20(25-21)16-4-2-1-3-5-16/h1-10,13,18H,11-12,14-15H2,(H,23,24,25). The number of piperidine rings is 1. The average molecular weight is 412 g/mol. The van der Waals surface area contributed by atoms with E-state index in [0.717, 1.165) is 23.4 Å². The summed E-state index contributed by atoms with van der Waals surface area (Å²) in [6.07, 6.45) is 2.99. The topological polar surface area (TPSA) is 75.2 Å². The van der Waals surface area contributed by atoms with Gasteiger partial charge in [-0.1, -0.05) is 30.3 Å². The van der Waals surface area contributed by atoms with Gasteiger partial charge < -0.3 is 5.32 Å². The Morgan fingerprint density at radius 3 is 2.34 bits per heavy atom. The van der Waals surface area contributed by atoms with Gasteiger partial charge in [0, 0.05) is 30.9 Å². The number of nitrogens with zero attached hydrogens (tertiary/aromatic N) is 3. The molecule has 0 spiro atoms. The molecule has 1 aliphatic rings. The Labute approximate surface area is 169 Å². The summed E-state index contributed by atoms with van der Waals surface area (Å²) in [5.74, 6) is 0.0794. The first kappa shape index (κ1) is 19.5. The number of halogens is 1. The van der Waals surface area contributed by atoms with Crippen molar-refractivity contribution in [1.82, 2.24) is 14.3 Å². The van der Waals surface area contributed by atoms with Crippen LogP contribution in [-0.4, -0.2) is 41.8 Å². The van der Waals surface area contributed by atoms with E-state index in [1.165, 1.54) is 16.4 Å². The number of sulfonamides is 1. The molecule has 8 heteroatoms. The monoisotopic (exact) mass is 412 g/mol. The Kier molecular flexibility index (Phi) is 5.55. The van der Waals surface area contributed by atoms with Crippen molar-refractivity contribution in [2.75, 3.05) is 18.4 Å². The lowest BCUT2D eigenvalue weighted by atomic mass is 10.1. The molecule has 6 nitrogen and oxygen atoms in total. The SMILES string of the molecule is O=S(=O)(c1ccc(F)cc1)N1CCC(Nc2nccc(-c3ccccc3)n2)CC1. The van der Waals surface area contributed by atoms with Crippen molar-refractivity contribution in [3.05, 3.63) is 72.7 Å². The lowest BCUT2D eigenvalue weighted by molar-refractivity contribution is 0.329. The summed E-state index contributed by atoms with van der Waals surface area (Å²) >= 11 is 0. The van der Waals surface area contributed by atoms with E-state index in [9.17, 15) is 12.8 Å². The molecule has 1 saturated heterocycles. The number of benzene rings is 2. The van der Waals surface area contributed by atoms with Crippen molar-refractivity contribution < 1.29 is 12.8 Å². The molecule has 0 radical (unpaired) electrons. The van der Waals surface area contributed by atoms with E-state index in [4.69, 9.17) is 0 Å². The van der Waals surface area contributed by atoms with Gasteiger partial charge in [-0.2, -0.15) is 4.31 Å². The highest BCUT2D eigenvalue weighted by Gasteiger charge is 2.29. The molecule has 0 aliphatic carbocycles. The molecule has 0 unspecified atom stereocenters. The minimum absolute atomic E-state index is 0.0840. The molecular formula is C21H21FN4O2S. The van der Waals surface area contributed by atoms with Crippen LogP contribution < -0.4 is 5.32 Å². The van der Waals surface area contributed by atoms with Gasteiger partial charge in [-0.05, 0) is 43.2 Å². The van der Waals surface area contributed by atoms with E-state index < -0.39 is 15.8 Å². The quantitative estimate of drug-likeness (QED) is 0.694. The first-order valence-corrected chi connectivity index (χ1v) is 10.9. The van der Waals surface area contributed by atoms with Crippen LogP contribution >= 0.6 is 0 Å². The maximum atomic E-state index is 13.1. The summed E-state index contributed by atoms with van der Waals surface area (Å²) in [6, 6.07) is 16.7. The molecular weight excluding hydrogens is 391 g/mol. The Balaban J connectivity index is 1.40. The number of anilines is 1. The highest BCUT2D eigenvalue weighted by atomic mass is 32.2. The van der Waals surface area contributed by atoms with Gasteiger partial charge >= 0.3 is 0 Å². The van der Waals surface area contributed by atoms with Gasteiger partial charge in [0.05, 0.1) is 10.6 Å². The van der Waals surface area contributed by atoms with Crippen LogP contribution in [0.15, 0.2) is 71.8 Å². The van der Waals surface area contributed by atoms with Crippen LogP contribution in [0.25, 0.3) is 11.3 Å². The second-order valence-electron chi connectivity index (χ2n) is 6.91. The van der Waals surface area contributed by atoms with Gasteiger partial charge in [0.25, 0.3) is 0 Å². The predicted molar refractivity (Wildman–Crippen MR) is 109 cm³/mol. The Bertz CT molecular complexity index is 1070. The van der Waals surface area contributed by atoms with Crippen LogP contribution in [0, 0.1) is 5.82 Å². The number of rotatable bonds is 5. The van der Waals surface area contributed by atoms with Crippen molar-refractivity contribution in [1.29, 1.82) is 0 Å². The summed E-state index contributed by atoms with van der Waals surface area (Å²) in [7, 11) is -3.61. The molecule has 0 bridgehead atoms. The lowest BCUT2D eigenvalue weighted by Gasteiger charge is -2.31. The van der Waals surface area contributed by atoms with Crippen LogP contribution in [0.4, 0.5) is 10.3 Å². The lowest BCUT2D eigenvalue weighted by Crippen LogP contribution is -2.42. The molecule has 1 fully saturated rings. The zero-order chi connectivity index (χ0) is 20.3. The predicted octanol–water partition coefficient (Wildman–Crippen LogP) is 3.55. The van der Waals surface area contributed by atoms with Crippen molar-refractivity contribution in [2.24, 2.45) is 0 Å². The largest absolute Gasteiger partial charge is 0.351 e. The number of hydrogen-bond donors (Lipinski definition) is 1. The maximum Gasteiger partial charge on any atom is 0.243 e. The van der Waals surface area contributed by atoms with E-state index in [-0.39, 0.29) is 10.9 Å². The van der Waals surface area contributed by atoms with Gasteiger partial charge in [0.15, 0.2) is 0 Å². The van der Waals surface area contributed by atoms with Crippen LogP contribution in [0.5, 0.6) is 0 Å². The molecule has 2 aromatic carbocycles. The second kappa shape index (κ2) is 8.26. The Morgan fingerprint density at radius 1 is 0.966 bits per heavy atom. The van der Waals surface area contributed by atoms with Gasteiger partial charge in [0.2, 0.25) is 16.0 Å².